The highest BCUT2D eigenvalue weighted by Gasteiger charge is 2.64. The van der Waals surface area contributed by atoms with Crippen LogP contribution in [0.3, 0.4) is 0 Å². The molecule has 0 bridgehead atoms. The number of thiol groups is 1. The number of quaternary nitrogens is 1. The number of nitro benzene ring substituents is 1. The highest BCUT2D eigenvalue weighted by atomic mass is 32.1. The third kappa shape index (κ3) is 3.68. The Morgan fingerprint density at radius 3 is 2.16 bits per heavy atom. The number of carbonyl (C=O) groups excluding carboxylic acids is 1. The van der Waals surface area contributed by atoms with Crippen LogP contribution in [0, 0.1) is 10.1 Å². The van der Waals surface area contributed by atoms with Crippen LogP contribution >= 0.6 is 12.8 Å². The van der Waals surface area contributed by atoms with Crippen molar-refractivity contribution in [3.8, 4) is 0 Å². The second-order valence-corrected chi connectivity index (χ2v) is 7.12. The summed E-state index contributed by atoms with van der Waals surface area (Å²) in [4.78, 5) is 27.3. The van der Waals surface area contributed by atoms with Crippen molar-refractivity contribution in [2.75, 3.05) is 11.4 Å². The number of amides is 2. The summed E-state index contributed by atoms with van der Waals surface area (Å²) < 4.78 is 79.4. The lowest BCUT2D eigenvalue weighted by atomic mass is 10.1. The van der Waals surface area contributed by atoms with E-state index >= 15 is 0 Å². The quantitative estimate of drug-likeness (QED) is 0.192. The van der Waals surface area contributed by atoms with Gasteiger partial charge >= 0.3 is 29.9 Å². The summed E-state index contributed by atoms with van der Waals surface area (Å²) in [6, 6.07) is 6.94. The molecule has 1 atom stereocenters. The van der Waals surface area contributed by atoms with Gasteiger partial charge in [-0.1, -0.05) is 22.1 Å². The maximum atomic E-state index is 13.9. The summed E-state index contributed by atoms with van der Waals surface area (Å²) in [6.07, 6.45) is -10.6. The summed E-state index contributed by atoms with van der Waals surface area (Å²) in [7, 11) is 0. The summed E-state index contributed by atoms with van der Waals surface area (Å²) >= 11 is 3.90. The van der Waals surface area contributed by atoms with E-state index < -0.39 is 55.7 Å². The number of hydrogen-bond acceptors (Lipinski definition) is 5. The van der Waals surface area contributed by atoms with Gasteiger partial charge in [-0.05, 0) is 25.1 Å². The second kappa shape index (κ2) is 7.78. The van der Waals surface area contributed by atoms with Gasteiger partial charge in [0, 0.05) is 18.3 Å². The van der Waals surface area contributed by atoms with Crippen LogP contribution in [-0.4, -0.2) is 29.5 Å². The lowest BCUT2D eigenvalue weighted by Crippen LogP contribution is -2.59. The summed E-state index contributed by atoms with van der Waals surface area (Å²) in [5, 5.41) is 11.4. The molecule has 0 aromatic heterocycles. The third-order valence-electron chi connectivity index (χ3n) is 4.64. The molecule has 1 heterocycles. The number of aliphatic imine (C=N–C) groups is 1. The summed E-state index contributed by atoms with van der Waals surface area (Å²) in [5.74, 6) is -1.92. The largest absolute Gasteiger partial charge is 0.489 e. The van der Waals surface area contributed by atoms with Crippen LogP contribution in [0.25, 0.3) is 0 Å². The van der Waals surface area contributed by atoms with Crippen molar-refractivity contribution in [2.24, 2.45) is 4.99 Å². The molecule has 1 aliphatic heterocycles. The molecule has 1 unspecified atom stereocenters. The third-order valence-corrected chi connectivity index (χ3v) is 5.21. The lowest BCUT2D eigenvalue weighted by molar-refractivity contribution is -0.387. The first-order chi connectivity index (χ1) is 14.7. The Bertz CT molecular complexity index is 1120. The average Bonchev–Trinajstić information content (AvgIpc) is 3.02. The van der Waals surface area contributed by atoms with Gasteiger partial charge < -0.3 is 0 Å². The van der Waals surface area contributed by atoms with Gasteiger partial charge in [0.2, 0.25) is 5.69 Å². The molecule has 0 radical (unpaired) electrons. The molecule has 3 rings (SSSR count). The molecule has 0 saturated heterocycles. The monoisotopic (exact) mass is 479 g/mol. The van der Waals surface area contributed by atoms with Crippen molar-refractivity contribution in [1.82, 2.24) is 3.89 Å². The van der Waals surface area contributed by atoms with Gasteiger partial charge in [0.1, 0.15) is 5.56 Å². The Morgan fingerprint density at radius 1 is 1.09 bits per heavy atom. The molecule has 2 aromatic carbocycles. The zero-order valence-electron chi connectivity index (χ0n) is 16.0. The maximum Gasteiger partial charge on any atom is 0.489 e. The minimum Gasteiger partial charge on any atom is -0.261 e. The number of alkyl halides is 6. The maximum absolute atomic E-state index is 13.9. The number of nitrogens with zero attached hydrogens (tertiary/aromatic N) is 4. The van der Waals surface area contributed by atoms with Crippen molar-refractivity contribution in [2.45, 2.75) is 19.3 Å². The smallest absolute Gasteiger partial charge is 0.261 e. The van der Waals surface area contributed by atoms with E-state index in [1.807, 2.05) is 0 Å². The van der Waals surface area contributed by atoms with Crippen molar-refractivity contribution in [3.63, 3.8) is 0 Å². The van der Waals surface area contributed by atoms with Gasteiger partial charge in [-0.25, -0.2) is 4.79 Å². The fraction of sp³-hybridized carbons (Fsp3) is 0.222. The lowest BCUT2D eigenvalue weighted by Gasteiger charge is -2.31. The minimum absolute atomic E-state index is 0.132. The van der Waals surface area contributed by atoms with Crippen LogP contribution in [0.1, 0.15) is 12.5 Å². The van der Waals surface area contributed by atoms with Gasteiger partial charge in [0.05, 0.1) is 17.7 Å². The number of anilines is 1. The van der Waals surface area contributed by atoms with Crippen LogP contribution < -0.4 is 8.79 Å². The highest BCUT2D eigenvalue weighted by molar-refractivity contribution is 7.81. The fourth-order valence-electron chi connectivity index (χ4n) is 3.30. The Labute approximate surface area is 181 Å². The molecule has 0 aliphatic carbocycles. The van der Waals surface area contributed by atoms with E-state index in [1.54, 1.807) is 6.07 Å². The number of halogens is 6. The first kappa shape index (κ1) is 23.5. The fourth-order valence-corrected chi connectivity index (χ4v) is 3.73. The predicted octanol–water partition coefficient (Wildman–Crippen LogP) is 6.02. The molecule has 0 saturated carbocycles. The number of para-hydroxylation sites is 1. The van der Waals surface area contributed by atoms with Crippen LogP contribution in [0.5, 0.6) is 0 Å². The van der Waals surface area contributed by atoms with Gasteiger partial charge in [-0.2, -0.15) is 31.3 Å². The number of rotatable bonds is 3. The summed E-state index contributed by atoms with van der Waals surface area (Å²) in [5.41, 5.74) is -5.36. The van der Waals surface area contributed by atoms with Crippen LogP contribution in [0.15, 0.2) is 47.5 Å². The van der Waals surface area contributed by atoms with Crippen molar-refractivity contribution < 1.29 is 36.1 Å². The van der Waals surface area contributed by atoms with Gasteiger partial charge in [0.15, 0.2) is 5.69 Å². The van der Waals surface area contributed by atoms with Gasteiger partial charge in [-0.3, -0.25) is 15.0 Å². The number of benzene rings is 2. The van der Waals surface area contributed by atoms with E-state index in [9.17, 15) is 41.3 Å². The van der Waals surface area contributed by atoms with E-state index in [2.05, 4.69) is 17.8 Å². The molecule has 2 aromatic rings. The number of hydrogen-bond donors (Lipinski definition) is 1. The Hall–Kier alpha value is -3.13. The molecule has 0 spiro atoms. The standard InChI is InChI=1S/C18H13F6N4O3S/c1-2-26(10-6-4-3-5-7-10)16(29)28(32)12-9-8-11(17(19,20)21)14(27(30)31)13(12)25-15(28)18(22,23)24/h3-9,32H,2H2,1H3/q+1. The number of amidine groups is 1. The molecule has 1 aliphatic rings. The molecule has 2 amide bonds. The zero-order chi connectivity index (χ0) is 24.1. The highest BCUT2D eigenvalue weighted by Crippen LogP contribution is 2.54. The number of urea groups is 1. The topological polar surface area (TPSA) is 75.8 Å². The molecule has 0 fully saturated rings. The number of fused-ring (bicyclic) bond motifs is 1. The summed E-state index contributed by atoms with van der Waals surface area (Å²) in [6.45, 7) is 1.33. The molecular weight excluding hydrogens is 466 g/mol. The number of nitro groups is 1. The molecule has 32 heavy (non-hydrogen) atoms. The normalized spacial score (nSPS) is 18.2. The van der Waals surface area contributed by atoms with Crippen molar-refractivity contribution in [3.05, 3.63) is 58.1 Å². The zero-order valence-corrected chi connectivity index (χ0v) is 16.9. The minimum atomic E-state index is -5.35. The first-order valence-corrected chi connectivity index (χ1v) is 9.19. The second-order valence-electron chi connectivity index (χ2n) is 6.52. The van der Waals surface area contributed by atoms with Crippen molar-refractivity contribution in [1.29, 1.82) is 0 Å². The Balaban J connectivity index is 2.32. The van der Waals surface area contributed by atoms with Crippen LogP contribution in [0.2, 0.25) is 0 Å². The SMILES string of the molecule is CCN(C(=O)[N+]1(S)C(C(F)(F)F)=Nc2c1ccc(C(F)(F)F)c2[N+](=O)[O-])c1ccccc1. The van der Waals surface area contributed by atoms with E-state index in [4.69, 9.17) is 0 Å². The van der Waals surface area contributed by atoms with E-state index in [1.165, 1.54) is 31.2 Å². The van der Waals surface area contributed by atoms with Crippen molar-refractivity contribution >= 4 is 47.4 Å². The molecule has 7 nitrogen and oxygen atoms in total. The predicted molar refractivity (Wildman–Crippen MR) is 107 cm³/mol. The van der Waals surface area contributed by atoms with E-state index in [0.29, 0.717) is 6.07 Å². The van der Waals surface area contributed by atoms with E-state index in [-0.39, 0.29) is 18.3 Å². The Morgan fingerprint density at radius 2 is 1.69 bits per heavy atom. The van der Waals surface area contributed by atoms with Gasteiger partial charge in [-0.15, -0.1) is 0 Å². The molecule has 170 valence electrons. The van der Waals surface area contributed by atoms with Crippen LogP contribution in [0.4, 0.5) is 53.9 Å². The molecule has 0 N–H and O–H groups in total. The molecule has 14 heteroatoms. The average molecular weight is 479 g/mol. The Kier molecular flexibility index (Phi) is 5.72. The van der Waals surface area contributed by atoms with Crippen LogP contribution in [-0.2, 0) is 6.18 Å². The van der Waals surface area contributed by atoms with Gasteiger partial charge in [0.25, 0.3) is 0 Å². The first-order valence-electron chi connectivity index (χ1n) is 8.79. The van der Waals surface area contributed by atoms with E-state index in [0.717, 1.165) is 4.90 Å². The molecular formula is C18H13F6N4O3S+. The number of carbonyl (C=O) groups is 1.